The number of hydrogen-bond donors (Lipinski definition) is 3. The van der Waals surface area contributed by atoms with Crippen LogP contribution in [0.5, 0.6) is 0 Å². The molecule has 166 valence electrons. The van der Waals surface area contributed by atoms with Crippen molar-refractivity contribution in [3.63, 3.8) is 0 Å². The standard InChI is InChI=1S/C17H19N5OS.C2HF3O2/c18-12-4-1-2-5-13(12)21-17(23)15-8-11(10-24-15)14-9-19-16-6-3-7-20-22(14)16;3-2(4,5)1(6)7/h3,6-10,12-13H,1-2,4-5,18H2,(H,21,23);(H,6,7)/t12-,13+;/m0./s1. The van der Waals surface area contributed by atoms with E-state index in [-0.39, 0.29) is 18.0 Å². The van der Waals surface area contributed by atoms with E-state index in [1.54, 1.807) is 16.9 Å². The molecule has 1 aliphatic rings. The average molecular weight is 455 g/mol. The molecule has 1 aliphatic carbocycles. The summed E-state index contributed by atoms with van der Waals surface area (Å²) in [5, 5.41) is 16.5. The van der Waals surface area contributed by atoms with Gasteiger partial charge in [0.25, 0.3) is 5.91 Å². The van der Waals surface area contributed by atoms with Crippen LogP contribution < -0.4 is 11.1 Å². The summed E-state index contributed by atoms with van der Waals surface area (Å²) in [7, 11) is 0. The number of amides is 1. The predicted octanol–water partition coefficient (Wildman–Crippen LogP) is 3.09. The maximum atomic E-state index is 12.5. The third kappa shape index (κ3) is 5.58. The second kappa shape index (κ2) is 9.43. The molecule has 0 bridgehead atoms. The number of halogens is 3. The Kier molecular flexibility index (Phi) is 6.91. The molecule has 1 saturated carbocycles. The zero-order valence-electron chi connectivity index (χ0n) is 16.2. The van der Waals surface area contributed by atoms with Crippen LogP contribution in [0.15, 0.2) is 36.0 Å². The lowest BCUT2D eigenvalue weighted by Gasteiger charge is -2.29. The molecule has 0 spiro atoms. The van der Waals surface area contributed by atoms with E-state index in [2.05, 4.69) is 15.4 Å². The van der Waals surface area contributed by atoms with E-state index in [1.807, 2.05) is 23.6 Å². The second-order valence-electron chi connectivity index (χ2n) is 6.97. The normalized spacial score (nSPS) is 18.8. The number of carbonyl (C=O) groups is 2. The lowest BCUT2D eigenvalue weighted by molar-refractivity contribution is -0.192. The number of nitrogens with zero attached hydrogens (tertiary/aromatic N) is 3. The molecular formula is C19H20F3N5O3S. The Labute approximate surface area is 178 Å². The molecule has 1 fully saturated rings. The molecule has 3 aromatic rings. The minimum Gasteiger partial charge on any atom is -0.475 e. The summed E-state index contributed by atoms with van der Waals surface area (Å²) in [6.07, 6.45) is 2.64. The SMILES string of the molecule is N[C@H]1CCCC[C@H]1NC(=O)c1cc(-c2cnc3cccnn23)cs1.O=C(O)C(F)(F)F. The topological polar surface area (TPSA) is 123 Å². The van der Waals surface area contributed by atoms with E-state index in [4.69, 9.17) is 15.6 Å². The minimum absolute atomic E-state index is 0.0459. The number of alkyl halides is 3. The molecule has 2 atom stereocenters. The second-order valence-corrected chi connectivity index (χ2v) is 7.88. The quantitative estimate of drug-likeness (QED) is 0.558. The number of nitrogens with two attached hydrogens (primary N) is 1. The molecule has 0 unspecified atom stereocenters. The van der Waals surface area contributed by atoms with Gasteiger partial charge in [0.1, 0.15) is 0 Å². The van der Waals surface area contributed by atoms with Crippen molar-refractivity contribution in [3.8, 4) is 11.3 Å². The number of aromatic nitrogens is 3. The Hall–Kier alpha value is -2.99. The van der Waals surface area contributed by atoms with Gasteiger partial charge in [-0.1, -0.05) is 12.8 Å². The molecule has 3 aromatic heterocycles. The molecule has 12 heteroatoms. The fourth-order valence-electron chi connectivity index (χ4n) is 3.19. The van der Waals surface area contributed by atoms with Gasteiger partial charge in [-0.3, -0.25) is 4.79 Å². The van der Waals surface area contributed by atoms with Crippen LogP contribution in [0, 0.1) is 0 Å². The summed E-state index contributed by atoms with van der Waals surface area (Å²) in [6, 6.07) is 5.79. The Balaban J connectivity index is 0.000000339. The van der Waals surface area contributed by atoms with Crippen LogP contribution in [0.4, 0.5) is 13.2 Å². The highest BCUT2D eigenvalue weighted by atomic mass is 32.1. The summed E-state index contributed by atoms with van der Waals surface area (Å²) in [5.74, 6) is -2.80. The highest BCUT2D eigenvalue weighted by Crippen LogP contribution is 2.26. The first kappa shape index (κ1) is 22.7. The van der Waals surface area contributed by atoms with Gasteiger partial charge in [0.15, 0.2) is 5.65 Å². The predicted molar refractivity (Wildman–Crippen MR) is 108 cm³/mol. The Morgan fingerprint density at radius 3 is 2.68 bits per heavy atom. The molecule has 8 nitrogen and oxygen atoms in total. The van der Waals surface area contributed by atoms with E-state index in [0.29, 0.717) is 4.88 Å². The molecule has 3 heterocycles. The Morgan fingerprint density at radius 1 is 1.29 bits per heavy atom. The van der Waals surface area contributed by atoms with Gasteiger partial charge in [-0.2, -0.15) is 18.3 Å². The minimum atomic E-state index is -5.08. The fourth-order valence-corrected chi connectivity index (χ4v) is 4.00. The number of hydrogen-bond acceptors (Lipinski definition) is 6. The maximum Gasteiger partial charge on any atom is 0.490 e. The monoisotopic (exact) mass is 455 g/mol. The van der Waals surface area contributed by atoms with Crippen LogP contribution in [-0.2, 0) is 4.79 Å². The van der Waals surface area contributed by atoms with Crippen LogP contribution in [0.2, 0.25) is 0 Å². The van der Waals surface area contributed by atoms with Crippen molar-refractivity contribution in [1.29, 1.82) is 0 Å². The number of rotatable bonds is 3. The molecular weight excluding hydrogens is 435 g/mol. The highest BCUT2D eigenvalue weighted by Gasteiger charge is 2.38. The van der Waals surface area contributed by atoms with Crippen LogP contribution in [0.1, 0.15) is 35.4 Å². The number of imidazole rings is 1. The van der Waals surface area contributed by atoms with E-state index >= 15 is 0 Å². The molecule has 0 saturated heterocycles. The molecule has 4 N–H and O–H groups in total. The molecule has 0 radical (unpaired) electrons. The Morgan fingerprint density at radius 2 is 2.00 bits per heavy atom. The highest BCUT2D eigenvalue weighted by molar-refractivity contribution is 7.12. The largest absolute Gasteiger partial charge is 0.490 e. The molecule has 31 heavy (non-hydrogen) atoms. The Bertz CT molecular complexity index is 1070. The van der Waals surface area contributed by atoms with Crippen LogP contribution >= 0.6 is 11.3 Å². The van der Waals surface area contributed by atoms with Crippen molar-refractivity contribution in [2.45, 2.75) is 43.9 Å². The first-order valence-electron chi connectivity index (χ1n) is 9.41. The van der Waals surface area contributed by atoms with E-state index in [0.717, 1.165) is 42.6 Å². The van der Waals surface area contributed by atoms with E-state index < -0.39 is 12.1 Å². The van der Waals surface area contributed by atoms with E-state index in [1.165, 1.54) is 11.3 Å². The van der Waals surface area contributed by atoms with Gasteiger partial charge in [0.05, 0.1) is 16.8 Å². The first-order valence-corrected chi connectivity index (χ1v) is 10.3. The number of nitrogens with one attached hydrogen (secondary N) is 1. The third-order valence-electron chi connectivity index (χ3n) is 4.78. The molecule has 4 rings (SSSR count). The fraction of sp³-hybridized carbons (Fsp3) is 0.368. The zero-order chi connectivity index (χ0) is 22.6. The molecule has 0 aliphatic heterocycles. The van der Waals surface area contributed by atoms with Crippen molar-refractivity contribution in [2.24, 2.45) is 5.73 Å². The van der Waals surface area contributed by atoms with Gasteiger partial charge in [-0.15, -0.1) is 11.3 Å². The third-order valence-corrected chi connectivity index (χ3v) is 5.70. The maximum absolute atomic E-state index is 12.5. The number of thiophene rings is 1. The van der Waals surface area contributed by atoms with Gasteiger partial charge in [0.2, 0.25) is 0 Å². The van der Waals surface area contributed by atoms with Crippen molar-refractivity contribution >= 4 is 28.9 Å². The van der Waals surface area contributed by atoms with Gasteiger partial charge < -0.3 is 16.2 Å². The number of carbonyl (C=O) groups excluding carboxylic acids is 1. The zero-order valence-corrected chi connectivity index (χ0v) is 17.0. The summed E-state index contributed by atoms with van der Waals surface area (Å²) < 4.78 is 33.5. The number of carboxylic acid groups (broad SMARTS) is 1. The number of carboxylic acids is 1. The summed E-state index contributed by atoms with van der Waals surface area (Å²) >= 11 is 1.43. The van der Waals surface area contributed by atoms with Gasteiger partial charge in [0, 0.05) is 29.2 Å². The van der Waals surface area contributed by atoms with E-state index in [9.17, 15) is 18.0 Å². The van der Waals surface area contributed by atoms with Crippen molar-refractivity contribution in [1.82, 2.24) is 19.9 Å². The van der Waals surface area contributed by atoms with Crippen molar-refractivity contribution < 1.29 is 27.9 Å². The number of aliphatic carboxylic acids is 1. The first-order chi connectivity index (χ1) is 14.7. The smallest absolute Gasteiger partial charge is 0.475 e. The summed E-state index contributed by atoms with van der Waals surface area (Å²) in [4.78, 5) is 26.4. The van der Waals surface area contributed by atoms with Crippen LogP contribution in [-0.4, -0.2) is 49.8 Å². The van der Waals surface area contributed by atoms with Gasteiger partial charge in [-0.25, -0.2) is 14.3 Å². The van der Waals surface area contributed by atoms with Crippen molar-refractivity contribution in [3.05, 3.63) is 40.8 Å². The lowest BCUT2D eigenvalue weighted by atomic mass is 9.91. The van der Waals surface area contributed by atoms with Crippen molar-refractivity contribution in [2.75, 3.05) is 0 Å². The van der Waals surface area contributed by atoms with Gasteiger partial charge in [-0.05, 0) is 31.0 Å². The summed E-state index contributed by atoms with van der Waals surface area (Å²) in [6.45, 7) is 0. The molecule has 0 aromatic carbocycles. The van der Waals surface area contributed by atoms with Crippen LogP contribution in [0.25, 0.3) is 16.9 Å². The van der Waals surface area contributed by atoms with Crippen LogP contribution in [0.3, 0.4) is 0 Å². The van der Waals surface area contributed by atoms with Gasteiger partial charge >= 0.3 is 12.1 Å². The summed E-state index contributed by atoms with van der Waals surface area (Å²) in [5.41, 5.74) is 8.74. The average Bonchev–Trinajstić information content (AvgIpc) is 3.36. The number of fused-ring (bicyclic) bond motifs is 1. The molecule has 1 amide bonds. The lowest BCUT2D eigenvalue weighted by Crippen LogP contribution is -2.49.